The number of carbonyl (C=O) groups is 2. The molecule has 5 nitrogen and oxygen atoms in total. The standard InChI is InChI=1S/C16H20FN3O2/c17-10-5-1-2-6-11(10)19-15(21)9-14-16(22)20-13-8-4-3-7-12(13)18-14/h1-2,5-6,12-14,18H,3-4,7-9H2,(H,19,21)(H,20,22)/t12-,13-,14+/m1/s1. The second-order valence-electron chi connectivity index (χ2n) is 5.96. The van der Waals surface area contributed by atoms with Crippen molar-refractivity contribution in [3.63, 3.8) is 0 Å². The van der Waals surface area contributed by atoms with Crippen molar-refractivity contribution in [2.24, 2.45) is 0 Å². The average Bonchev–Trinajstić information content (AvgIpc) is 2.50. The molecule has 1 saturated carbocycles. The zero-order valence-corrected chi connectivity index (χ0v) is 12.3. The average molecular weight is 305 g/mol. The third kappa shape index (κ3) is 3.27. The summed E-state index contributed by atoms with van der Waals surface area (Å²) in [7, 11) is 0. The Morgan fingerprint density at radius 3 is 2.73 bits per heavy atom. The first-order valence-electron chi connectivity index (χ1n) is 7.74. The predicted molar refractivity (Wildman–Crippen MR) is 80.8 cm³/mol. The summed E-state index contributed by atoms with van der Waals surface area (Å²) in [6.45, 7) is 0. The molecule has 0 spiro atoms. The normalized spacial score (nSPS) is 27.7. The molecule has 1 aromatic carbocycles. The van der Waals surface area contributed by atoms with Gasteiger partial charge in [-0.3, -0.25) is 9.59 Å². The van der Waals surface area contributed by atoms with Crippen LogP contribution in [0.3, 0.4) is 0 Å². The smallest absolute Gasteiger partial charge is 0.237 e. The number of anilines is 1. The van der Waals surface area contributed by atoms with Crippen LogP contribution in [0.15, 0.2) is 24.3 Å². The summed E-state index contributed by atoms with van der Waals surface area (Å²) in [5.74, 6) is -0.997. The summed E-state index contributed by atoms with van der Waals surface area (Å²) in [6, 6.07) is 5.85. The van der Waals surface area contributed by atoms with Gasteiger partial charge in [-0.1, -0.05) is 25.0 Å². The number of benzene rings is 1. The van der Waals surface area contributed by atoms with Crippen LogP contribution in [0.5, 0.6) is 0 Å². The zero-order chi connectivity index (χ0) is 15.5. The summed E-state index contributed by atoms with van der Waals surface area (Å²) in [5.41, 5.74) is 0.138. The first-order chi connectivity index (χ1) is 10.6. The van der Waals surface area contributed by atoms with Gasteiger partial charge in [0.25, 0.3) is 0 Å². The van der Waals surface area contributed by atoms with Crippen molar-refractivity contribution in [3.8, 4) is 0 Å². The highest BCUT2D eigenvalue weighted by Crippen LogP contribution is 2.22. The molecule has 3 atom stereocenters. The van der Waals surface area contributed by atoms with E-state index in [1.165, 1.54) is 12.1 Å². The molecule has 22 heavy (non-hydrogen) atoms. The van der Waals surface area contributed by atoms with Gasteiger partial charge in [-0.2, -0.15) is 0 Å². The van der Waals surface area contributed by atoms with Crippen LogP contribution in [0, 0.1) is 5.82 Å². The third-order valence-electron chi connectivity index (χ3n) is 4.36. The van der Waals surface area contributed by atoms with Crippen LogP contribution in [-0.2, 0) is 9.59 Å². The van der Waals surface area contributed by atoms with Crippen molar-refractivity contribution in [1.82, 2.24) is 10.6 Å². The fraction of sp³-hybridized carbons (Fsp3) is 0.500. The van der Waals surface area contributed by atoms with Crippen LogP contribution in [0.1, 0.15) is 32.1 Å². The van der Waals surface area contributed by atoms with Crippen molar-refractivity contribution in [1.29, 1.82) is 0 Å². The van der Waals surface area contributed by atoms with Crippen molar-refractivity contribution in [3.05, 3.63) is 30.1 Å². The van der Waals surface area contributed by atoms with E-state index in [-0.39, 0.29) is 36.0 Å². The summed E-state index contributed by atoms with van der Waals surface area (Å²) in [6.07, 6.45) is 4.26. The largest absolute Gasteiger partial charge is 0.350 e. The first-order valence-corrected chi connectivity index (χ1v) is 7.74. The van der Waals surface area contributed by atoms with Gasteiger partial charge in [-0.25, -0.2) is 4.39 Å². The second kappa shape index (κ2) is 6.44. The van der Waals surface area contributed by atoms with Gasteiger partial charge < -0.3 is 16.0 Å². The second-order valence-corrected chi connectivity index (χ2v) is 5.96. The Labute approximate surface area is 128 Å². The molecule has 1 aromatic rings. The molecule has 0 bridgehead atoms. The van der Waals surface area contributed by atoms with E-state index in [2.05, 4.69) is 16.0 Å². The van der Waals surface area contributed by atoms with Gasteiger partial charge in [-0.15, -0.1) is 0 Å². The fourth-order valence-corrected chi connectivity index (χ4v) is 3.22. The van der Waals surface area contributed by atoms with Crippen molar-refractivity contribution in [2.75, 3.05) is 5.32 Å². The minimum Gasteiger partial charge on any atom is -0.350 e. The lowest BCUT2D eigenvalue weighted by molar-refractivity contribution is -0.129. The van der Waals surface area contributed by atoms with Gasteiger partial charge in [0.15, 0.2) is 0 Å². The van der Waals surface area contributed by atoms with E-state index in [9.17, 15) is 14.0 Å². The van der Waals surface area contributed by atoms with Crippen LogP contribution in [0.25, 0.3) is 0 Å². The van der Waals surface area contributed by atoms with Gasteiger partial charge >= 0.3 is 0 Å². The molecule has 1 aliphatic carbocycles. The van der Waals surface area contributed by atoms with Crippen molar-refractivity contribution >= 4 is 17.5 Å². The summed E-state index contributed by atoms with van der Waals surface area (Å²) in [5, 5.41) is 8.78. The molecule has 118 valence electrons. The van der Waals surface area contributed by atoms with Crippen molar-refractivity contribution < 1.29 is 14.0 Å². The molecule has 6 heteroatoms. The number of carbonyl (C=O) groups excluding carboxylic acids is 2. The van der Waals surface area contributed by atoms with E-state index in [4.69, 9.17) is 0 Å². The van der Waals surface area contributed by atoms with Gasteiger partial charge in [0.1, 0.15) is 5.82 Å². The number of amides is 2. The molecule has 1 saturated heterocycles. The lowest BCUT2D eigenvalue weighted by Crippen LogP contribution is -2.65. The lowest BCUT2D eigenvalue weighted by atomic mass is 9.87. The zero-order valence-electron chi connectivity index (χ0n) is 12.3. The maximum atomic E-state index is 13.5. The van der Waals surface area contributed by atoms with E-state index in [0.29, 0.717) is 0 Å². The Bertz CT molecular complexity index is 578. The molecular formula is C16H20FN3O2. The van der Waals surface area contributed by atoms with E-state index < -0.39 is 11.9 Å². The number of piperazine rings is 1. The van der Waals surface area contributed by atoms with Crippen LogP contribution in [-0.4, -0.2) is 29.9 Å². The van der Waals surface area contributed by atoms with E-state index in [1.54, 1.807) is 12.1 Å². The van der Waals surface area contributed by atoms with Crippen LogP contribution in [0.4, 0.5) is 10.1 Å². The highest BCUT2D eigenvalue weighted by molar-refractivity contribution is 5.95. The number of halogens is 1. The fourth-order valence-electron chi connectivity index (χ4n) is 3.22. The molecule has 0 unspecified atom stereocenters. The highest BCUT2D eigenvalue weighted by Gasteiger charge is 2.36. The minimum absolute atomic E-state index is 0.00336. The molecule has 1 heterocycles. The summed E-state index contributed by atoms with van der Waals surface area (Å²) >= 11 is 0. The summed E-state index contributed by atoms with van der Waals surface area (Å²) in [4.78, 5) is 24.1. The van der Waals surface area contributed by atoms with Crippen LogP contribution < -0.4 is 16.0 Å². The molecule has 2 aliphatic rings. The SMILES string of the molecule is O=C(C[C@@H]1N[C@@H]2CCCC[C@H]2NC1=O)Nc1ccccc1F. The topological polar surface area (TPSA) is 70.2 Å². The van der Waals surface area contributed by atoms with E-state index in [1.807, 2.05) is 0 Å². The Morgan fingerprint density at radius 1 is 1.23 bits per heavy atom. The maximum Gasteiger partial charge on any atom is 0.237 e. The third-order valence-corrected chi connectivity index (χ3v) is 4.36. The van der Waals surface area contributed by atoms with E-state index >= 15 is 0 Å². The van der Waals surface area contributed by atoms with Crippen molar-refractivity contribution in [2.45, 2.75) is 50.2 Å². The van der Waals surface area contributed by atoms with Gasteiger partial charge in [0.2, 0.25) is 11.8 Å². The molecule has 0 radical (unpaired) electrons. The number of fused-ring (bicyclic) bond motifs is 1. The number of hydrogen-bond acceptors (Lipinski definition) is 3. The number of rotatable bonds is 3. The van der Waals surface area contributed by atoms with Gasteiger partial charge in [0.05, 0.1) is 18.2 Å². The first kappa shape index (κ1) is 15.0. The molecule has 2 fully saturated rings. The summed E-state index contributed by atoms with van der Waals surface area (Å²) < 4.78 is 13.5. The molecule has 0 aromatic heterocycles. The monoisotopic (exact) mass is 305 g/mol. The lowest BCUT2D eigenvalue weighted by Gasteiger charge is -2.40. The Kier molecular flexibility index (Phi) is 4.38. The molecule has 3 rings (SSSR count). The Hall–Kier alpha value is -1.95. The van der Waals surface area contributed by atoms with Crippen LogP contribution >= 0.6 is 0 Å². The van der Waals surface area contributed by atoms with Gasteiger partial charge in [0, 0.05) is 12.1 Å². The predicted octanol–water partition coefficient (Wildman–Crippen LogP) is 1.55. The number of para-hydroxylation sites is 1. The number of nitrogens with one attached hydrogen (secondary N) is 3. The molecular weight excluding hydrogens is 285 g/mol. The Morgan fingerprint density at radius 2 is 1.95 bits per heavy atom. The molecule has 2 amide bonds. The maximum absolute atomic E-state index is 13.5. The highest BCUT2D eigenvalue weighted by atomic mass is 19.1. The quantitative estimate of drug-likeness (QED) is 0.793. The van der Waals surface area contributed by atoms with Crippen LogP contribution in [0.2, 0.25) is 0 Å². The van der Waals surface area contributed by atoms with E-state index in [0.717, 1.165) is 25.7 Å². The minimum atomic E-state index is -0.550. The molecule has 1 aliphatic heterocycles. The number of hydrogen-bond donors (Lipinski definition) is 3. The van der Waals surface area contributed by atoms with Gasteiger partial charge in [-0.05, 0) is 25.0 Å². The Balaban J connectivity index is 1.59. The molecule has 3 N–H and O–H groups in total.